The molecule has 86 valence electrons. The number of rotatable bonds is 4. The van der Waals surface area contributed by atoms with Gasteiger partial charge in [0.15, 0.2) is 0 Å². The molecule has 0 amide bonds. The fourth-order valence-corrected chi connectivity index (χ4v) is 1.44. The van der Waals surface area contributed by atoms with E-state index in [2.05, 4.69) is 4.98 Å². The van der Waals surface area contributed by atoms with Gasteiger partial charge in [-0.15, -0.1) is 0 Å². The van der Waals surface area contributed by atoms with E-state index in [1.54, 1.807) is 0 Å². The smallest absolute Gasteiger partial charge is 0.280 e. The van der Waals surface area contributed by atoms with Crippen LogP contribution in [0.3, 0.4) is 0 Å². The Bertz CT molecular complexity index is 415. The summed E-state index contributed by atoms with van der Waals surface area (Å²) in [6, 6.07) is 1.91. The van der Waals surface area contributed by atoms with Crippen LogP contribution in [0.2, 0.25) is 0 Å². The fraction of sp³-hybridized carbons (Fsp3) is 0.400. The maximum absolute atomic E-state index is 12.6. The van der Waals surface area contributed by atoms with E-state index >= 15 is 0 Å². The zero-order valence-corrected chi connectivity index (χ0v) is 8.70. The summed E-state index contributed by atoms with van der Waals surface area (Å²) in [5.74, 6) is 0.231. The van der Waals surface area contributed by atoms with E-state index in [0.717, 1.165) is 0 Å². The molecule has 6 heteroatoms. The van der Waals surface area contributed by atoms with Gasteiger partial charge in [-0.05, 0) is 0 Å². The van der Waals surface area contributed by atoms with Crippen molar-refractivity contribution in [3.63, 3.8) is 0 Å². The molecule has 1 aromatic rings. The average Bonchev–Trinajstić information content (AvgIpc) is 2.28. The Morgan fingerprint density at radius 2 is 2.31 bits per heavy atom. The predicted octanol–water partition coefficient (Wildman–Crippen LogP) is 1.55. The van der Waals surface area contributed by atoms with Gasteiger partial charge in [-0.25, -0.2) is 8.78 Å². The van der Waals surface area contributed by atoms with Crippen molar-refractivity contribution in [2.45, 2.75) is 19.4 Å². The van der Waals surface area contributed by atoms with Crippen molar-refractivity contribution in [1.82, 2.24) is 4.98 Å². The van der Waals surface area contributed by atoms with E-state index in [1.807, 2.05) is 6.07 Å². The van der Waals surface area contributed by atoms with Gasteiger partial charge in [-0.1, -0.05) is 0 Å². The quantitative estimate of drug-likeness (QED) is 0.847. The number of nitrogens with two attached hydrogens (primary N) is 1. The largest absolute Gasteiger partial charge is 0.496 e. The first-order chi connectivity index (χ1) is 7.65. The lowest BCUT2D eigenvalue weighted by molar-refractivity contribution is 0.144. The van der Waals surface area contributed by atoms with Crippen LogP contribution in [0.15, 0.2) is 6.20 Å². The Kier molecular flexibility index (Phi) is 4.14. The van der Waals surface area contributed by atoms with Gasteiger partial charge in [-0.3, -0.25) is 4.98 Å². The van der Waals surface area contributed by atoms with E-state index in [4.69, 9.17) is 15.7 Å². The van der Waals surface area contributed by atoms with Gasteiger partial charge in [0.2, 0.25) is 0 Å². The topological polar surface area (TPSA) is 71.9 Å². The molecule has 0 fully saturated rings. The van der Waals surface area contributed by atoms with Gasteiger partial charge in [0.1, 0.15) is 11.4 Å². The first kappa shape index (κ1) is 12.3. The van der Waals surface area contributed by atoms with Crippen LogP contribution >= 0.6 is 0 Å². The minimum absolute atomic E-state index is 0.0483. The number of aromatic nitrogens is 1. The van der Waals surface area contributed by atoms with Crippen molar-refractivity contribution in [3.8, 4) is 11.8 Å². The van der Waals surface area contributed by atoms with Gasteiger partial charge in [0, 0.05) is 23.9 Å². The monoisotopic (exact) mass is 227 g/mol. The highest BCUT2D eigenvalue weighted by atomic mass is 19.3. The second-order valence-corrected chi connectivity index (χ2v) is 3.02. The van der Waals surface area contributed by atoms with Gasteiger partial charge in [-0.2, -0.15) is 5.26 Å². The predicted molar refractivity (Wildman–Crippen MR) is 53.0 cm³/mol. The Morgan fingerprint density at radius 1 is 1.62 bits per heavy atom. The van der Waals surface area contributed by atoms with Crippen LogP contribution in [0.4, 0.5) is 8.78 Å². The maximum atomic E-state index is 12.6. The molecule has 0 saturated heterocycles. The molecule has 0 unspecified atom stereocenters. The molecule has 0 aliphatic heterocycles. The summed E-state index contributed by atoms with van der Waals surface area (Å²) in [7, 11) is 1.35. The van der Waals surface area contributed by atoms with Crippen LogP contribution in [0, 0.1) is 11.3 Å². The second kappa shape index (κ2) is 5.37. The molecule has 0 aromatic carbocycles. The Hall–Kier alpha value is -1.74. The van der Waals surface area contributed by atoms with Crippen LogP contribution < -0.4 is 10.5 Å². The summed E-state index contributed by atoms with van der Waals surface area (Å²) in [4.78, 5) is 3.62. The van der Waals surface area contributed by atoms with E-state index < -0.39 is 6.43 Å². The summed E-state index contributed by atoms with van der Waals surface area (Å²) in [5, 5.41) is 8.57. The molecule has 0 aliphatic rings. The summed E-state index contributed by atoms with van der Waals surface area (Å²) in [6.07, 6.45) is -1.43. The van der Waals surface area contributed by atoms with Gasteiger partial charge < -0.3 is 10.5 Å². The number of ether oxygens (including phenoxy) is 1. The lowest BCUT2D eigenvalue weighted by Gasteiger charge is -2.13. The molecule has 0 spiro atoms. The van der Waals surface area contributed by atoms with E-state index in [0.29, 0.717) is 5.56 Å². The fourth-order valence-electron chi connectivity index (χ4n) is 1.44. The molecule has 16 heavy (non-hydrogen) atoms. The number of pyridine rings is 1. The minimum atomic E-state index is -2.71. The van der Waals surface area contributed by atoms with Crippen LogP contribution in [0.25, 0.3) is 0 Å². The number of nitrogens with zero attached hydrogens (tertiary/aromatic N) is 2. The van der Waals surface area contributed by atoms with Crippen molar-refractivity contribution in [2.24, 2.45) is 5.73 Å². The van der Waals surface area contributed by atoms with Gasteiger partial charge >= 0.3 is 0 Å². The van der Waals surface area contributed by atoms with Gasteiger partial charge in [0.05, 0.1) is 19.6 Å². The molecular formula is C10H11F2N3O. The molecule has 0 saturated carbocycles. The zero-order valence-electron chi connectivity index (χ0n) is 8.70. The van der Waals surface area contributed by atoms with Crippen molar-refractivity contribution in [3.05, 3.63) is 23.0 Å². The number of hydrogen-bond acceptors (Lipinski definition) is 4. The third-order valence-electron chi connectivity index (χ3n) is 2.12. The van der Waals surface area contributed by atoms with Crippen LogP contribution in [-0.2, 0) is 13.0 Å². The highest BCUT2D eigenvalue weighted by Gasteiger charge is 2.20. The maximum Gasteiger partial charge on any atom is 0.280 e. The van der Waals surface area contributed by atoms with Crippen molar-refractivity contribution in [2.75, 3.05) is 7.11 Å². The number of hydrogen-bond donors (Lipinski definition) is 1. The number of alkyl halides is 2. The van der Waals surface area contributed by atoms with Crippen LogP contribution in [0.5, 0.6) is 5.75 Å². The van der Waals surface area contributed by atoms with Crippen molar-refractivity contribution in [1.29, 1.82) is 5.26 Å². The van der Waals surface area contributed by atoms with Crippen LogP contribution in [0.1, 0.15) is 23.2 Å². The zero-order chi connectivity index (χ0) is 12.1. The van der Waals surface area contributed by atoms with Crippen LogP contribution in [-0.4, -0.2) is 12.1 Å². The van der Waals surface area contributed by atoms with Crippen molar-refractivity contribution < 1.29 is 13.5 Å². The molecule has 0 aliphatic carbocycles. The summed E-state index contributed by atoms with van der Waals surface area (Å²) >= 11 is 0. The Morgan fingerprint density at radius 3 is 2.75 bits per heavy atom. The highest BCUT2D eigenvalue weighted by molar-refractivity contribution is 5.44. The first-order valence-corrected chi connectivity index (χ1v) is 4.55. The van der Waals surface area contributed by atoms with E-state index in [1.165, 1.54) is 13.3 Å². The summed E-state index contributed by atoms with van der Waals surface area (Å²) < 4.78 is 30.2. The summed E-state index contributed by atoms with van der Waals surface area (Å²) in [6.45, 7) is -0.102. The van der Waals surface area contributed by atoms with Crippen molar-refractivity contribution >= 4 is 0 Å². The lowest BCUT2D eigenvalue weighted by Crippen LogP contribution is -2.09. The van der Waals surface area contributed by atoms with E-state index in [-0.39, 0.29) is 30.0 Å². The molecule has 0 radical (unpaired) electrons. The average molecular weight is 227 g/mol. The number of nitriles is 1. The third-order valence-corrected chi connectivity index (χ3v) is 2.12. The molecule has 2 N–H and O–H groups in total. The molecule has 4 nitrogen and oxygen atoms in total. The third kappa shape index (κ3) is 2.25. The summed E-state index contributed by atoms with van der Waals surface area (Å²) in [5.41, 5.74) is 5.63. The molecule has 1 rings (SSSR count). The first-order valence-electron chi connectivity index (χ1n) is 4.55. The Labute approximate surface area is 91.7 Å². The molecule has 0 bridgehead atoms. The lowest BCUT2D eigenvalue weighted by atomic mass is 10.1. The molecule has 1 aromatic heterocycles. The van der Waals surface area contributed by atoms with E-state index in [9.17, 15) is 8.78 Å². The standard InChI is InChI=1S/C10H11F2N3O/c1-16-9-6(2-3-13)5-15-8(10(11)12)7(9)4-14/h5,10H,2,4,14H2,1H3. The molecule has 1 heterocycles. The number of halogens is 2. The SMILES string of the molecule is COc1c(CC#N)cnc(C(F)F)c1CN. The Balaban J connectivity index is 3.35. The second-order valence-electron chi connectivity index (χ2n) is 3.02. The normalized spacial score (nSPS) is 10.2. The molecular weight excluding hydrogens is 216 g/mol. The number of methoxy groups -OCH3 is 1. The highest BCUT2D eigenvalue weighted by Crippen LogP contribution is 2.30. The molecule has 0 atom stereocenters. The minimum Gasteiger partial charge on any atom is -0.496 e. The van der Waals surface area contributed by atoms with Gasteiger partial charge in [0.25, 0.3) is 6.43 Å².